The van der Waals surface area contributed by atoms with E-state index >= 15 is 0 Å². The fourth-order valence-corrected chi connectivity index (χ4v) is 2.31. The second-order valence-corrected chi connectivity index (χ2v) is 5.17. The van der Waals surface area contributed by atoms with Crippen molar-refractivity contribution in [2.45, 2.75) is 17.9 Å². The molecule has 1 aromatic heterocycles. The third kappa shape index (κ3) is 3.99. The number of rotatable bonds is 6. The number of hydrogen-bond acceptors (Lipinski definition) is 5. The van der Waals surface area contributed by atoms with Crippen LogP contribution in [0.2, 0.25) is 0 Å². The van der Waals surface area contributed by atoms with Crippen molar-refractivity contribution in [1.82, 2.24) is 20.5 Å². The second kappa shape index (κ2) is 6.95. The zero-order chi connectivity index (χ0) is 14.4. The number of ether oxygens (including phenoxy) is 1. The van der Waals surface area contributed by atoms with Gasteiger partial charge in [-0.15, -0.1) is 11.8 Å². The Balaban J connectivity index is 1.79. The predicted octanol–water partition coefficient (Wildman–Crippen LogP) is 1.78. The third-order valence-electron chi connectivity index (χ3n) is 2.65. The molecule has 106 valence electrons. The molecule has 2 aromatic rings. The Kier molecular flexibility index (Phi) is 5.00. The molecular weight excluding hydrogens is 276 g/mol. The molecule has 0 aliphatic carbocycles. The Morgan fingerprint density at radius 2 is 2.20 bits per heavy atom. The highest BCUT2D eigenvalue weighted by Crippen LogP contribution is 2.21. The minimum Gasteiger partial charge on any atom is -0.497 e. The summed E-state index contributed by atoms with van der Waals surface area (Å²) in [6.45, 7) is 1.86. The number of hydrogen-bond donors (Lipinski definition) is 2. The summed E-state index contributed by atoms with van der Waals surface area (Å²) in [6, 6.07) is 7.42. The molecule has 0 fully saturated rings. The van der Waals surface area contributed by atoms with Gasteiger partial charge in [0.2, 0.25) is 5.91 Å². The van der Waals surface area contributed by atoms with Gasteiger partial charge in [0.05, 0.1) is 18.9 Å². The number of aromatic nitrogens is 3. The maximum atomic E-state index is 11.8. The van der Waals surface area contributed by atoms with Gasteiger partial charge in [0, 0.05) is 4.90 Å². The molecule has 0 radical (unpaired) electrons. The van der Waals surface area contributed by atoms with Crippen molar-refractivity contribution in [2.75, 3.05) is 12.9 Å². The van der Waals surface area contributed by atoms with Crippen LogP contribution in [-0.2, 0) is 4.79 Å². The molecule has 1 heterocycles. The standard InChI is InChI=1S/C13H16N4O2S/c1-9(13-14-8-15-17-13)16-12(18)7-20-11-5-3-10(19-2)4-6-11/h3-6,8-9H,7H2,1-2H3,(H,16,18)(H,14,15,17). The molecule has 0 spiro atoms. The molecule has 0 saturated heterocycles. The monoisotopic (exact) mass is 292 g/mol. The van der Waals surface area contributed by atoms with Crippen LogP contribution >= 0.6 is 11.8 Å². The predicted molar refractivity (Wildman–Crippen MR) is 76.7 cm³/mol. The Morgan fingerprint density at radius 3 is 2.80 bits per heavy atom. The Hall–Kier alpha value is -2.02. The molecule has 1 amide bonds. The van der Waals surface area contributed by atoms with E-state index in [0.29, 0.717) is 11.6 Å². The van der Waals surface area contributed by atoms with Gasteiger partial charge in [0.25, 0.3) is 0 Å². The van der Waals surface area contributed by atoms with Crippen LogP contribution in [0.4, 0.5) is 0 Å². The molecular formula is C13H16N4O2S. The summed E-state index contributed by atoms with van der Waals surface area (Å²) < 4.78 is 5.08. The average molecular weight is 292 g/mol. The van der Waals surface area contributed by atoms with E-state index in [1.165, 1.54) is 18.1 Å². The smallest absolute Gasteiger partial charge is 0.230 e. The first-order chi connectivity index (χ1) is 9.69. The number of amides is 1. The number of benzene rings is 1. The minimum absolute atomic E-state index is 0.0466. The van der Waals surface area contributed by atoms with Crippen LogP contribution in [0.15, 0.2) is 35.5 Å². The van der Waals surface area contributed by atoms with Gasteiger partial charge in [-0.25, -0.2) is 4.98 Å². The van der Waals surface area contributed by atoms with E-state index in [1.54, 1.807) is 7.11 Å². The highest BCUT2D eigenvalue weighted by atomic mass is 32.2. The maximum absolute atomic E-state index is 11.8. The van der Waals surface area contributed by atoms with Crippen molar-refractivity contribution in [3.8, 4) is 5.75 Å². The van der Waals surface area contributed by atoms with Crippen LogP contribution < -0.4 is 10.1 Å². The topological polar surface area (TPSA) is 79.9 Å². The number of carbonyl (C=O) groups excluding carboxylic acids is 1. The number of methoxy groups -OCH3 is 1. The van der Waals surface area contributed by atoms with Crippen molar-refractivity contribution in [3.05, 3.63) is 36.4 Å². The van der Waals surface area contributed by atoms with Crippen molar-refractivity contribution < 1.29 is 9.53 Å². The number of carbonyl (C=O) groups is 1. The zero-order valence-electron chi connectivity index (χ0n) is 11.3. The summed E-state index contributed by atoms with van der Waals surface area (Å²) in [6.07, 6.45) is 1.42. The normalized spacial score (nSPS) is 11.9. The molecule has 2 rings (SSSR count). The lowest BCUT2D eigenvalue weighted by atomic mass is 10.3. The Bertz CT molecular complexity index is 542. The fourth-order valence-electron chi connectivity index (χ4n) is 1.60. The number of nitrogens with zero attached hydrogens (tertiary/aromatic N) is 2. The molecule has 20 heavy (non-hydrogen) atoms. The molecule has 0 aliphatic heterocycles. The van der Waals surface area contributed by atoms with E-state index in [0.717, 1.165) is 10.6 Å². The van der Waals surface area contributed by atoms with Crippen molar-refractivity contribution in [1.29, 1.82) is 0 Å². The fraction of sp³-hybridized carbons (Fsp3) is 0.308. The van der Waals surface area contributed by atoms with Gasteiger partial charge in [-0.1, -0.05) is 0 Å². The van der Waals surface area contributed by atoms with Gasteiger partial charge in [-0.3, -0.25) is 9.89 Å². The molecule has 2 N–H and O–H groups in total. The lowest BCUT2D eigenvalue weighted by molar-refractivity contribution is -0.119. The molecule has 7 heteroatoms. The summed E-state index contributed by atoms with van der Waals surface area (Å²) >= 11 is 1.47. The number of H-pyrrole nitrogens is 1. The largest absolute Gasteiger partial charge is 0.497 e. The summed E-state index contributed by atoms with van der Waals surface area (Å²) in [4.78, 5) is 16.9. The molecule has 0 saturated carbocycles. The molecule has 1 unspecified atom stereocenters. The lowest BCUT2D eigenvalue weighted by Gasteiger charge is -2.10. The molecule has 6 nitrogen and oxygen atoms in total. The number of nitrogens with one attached hydrogen (secondary N) is 2. The summed E-state index contributed by atoms with van der Waals surface area (Å²) in [5.74, 6) is 1.76. The van der Waals surface area contributed by atoms with E-state index in [1.807, 2.05) is 31.2 Å². The van der Waals surface area contributed by atoms with Crippen molar-refractivity contribution >= 4 is 17.7 Å². The summed E-state index contributed by atoms with van der Waals surface area (Å²) in [7, 11) is 1.63. The molecule has 0 aliphatic rings. The molecule has 1 atom stereocenters. The second-order valence-electron chi connectivity index (χ2n) is 4.12. The average Bonchev–Trinajstić information content (AvgIpc) is 3.00. The number of thioether (sulfide) groups is 1. The minimum atomic E-state index is -0.179. The Labute approximate surface area is 121 Å². The van der Waals surface area contributed by atoms with E-state index in [9.17, 15) is 4.79 Å². The van der Waals surface area contributed by atoms with Crippen molar-refractivity contribution in [2.24, 2.45) is 0 Å². The zero-order valence-corrected chi connectivity index (χ0v) is 12.1. The van der Waals surface area contributed by atoms with Crippen LogP contribution in [0.25, 0.3) is 0 Å². The van der Waals surface area contributed by atoms with E-state index < -0.39 is 0 Å². The quantitative estimate of drug-likeness (QED) is 0.793. The van der Waals surface area contributed by atoms with Gasteiger partial charge in [0.15, 0.2) is 0 Å². The van der Waals surface area contributed by atoms with E-state index in [4.69, 9.17) is 4.74 Å². The molecule has 1 aromatic carbocycles. The van der Waals surface area contributed by atoms with Crippen LogP contribution in [0.5, 0.6) is 5.75 Å². The molecule has 0 bridgehead atoms. The maximum Gasteiger partial charge on any atom is 0.230 e. The van der Waals surface area contributed by atoms with Crippen LogP contribution in [0.3, 0.4) is 0 Å². The first-order valence-electron chi connectivity index (χ1n) is 6.10. The first kappa shape index (κ1) is 14.4. The van der Waals surface area contributed by atoms with E-state index in [2.05, 4.69) is 20.5 Å². The number of aromatic amines is 1. The summed E-state index contributed by atoms with van der Waals surface area (Å²) in [5, 5.41) is 9.35. The van der Waals surface area contributed by atoms with Gasteiger partial charge in [0.1, 0.15) is 17.9 Å². The van der Waals surface area contributed by atoms with Gasteiger partial charge in [-0.05, 0) is 31.2 Å². The van der Waals surface area contributed by atoms with Crippen LogP contribution in [0.1, 0.15) is 18.8 Å². The van der Waals surface area contributed by atoms with E-state index in [-0.39, 0.29) is 11.9 Å². The lowest BCUT2D eigenvalue weighted by Crippen LogP contribution is -2.28. The van der Waals surface area contributed by atoms with Gasteiger partial charge in [-0.2, -0.15) is 5.10 Å². The SMILES string of the molecule is COc1ccc(SCC(=O)NC(C)c2ncn[nH]2)cc1. The Morgan fingerprint density at radius 1 is 1.45 bits per heavy atom. The third-order valence-corrected chi connectivity index (χ3v) is 3.66. The van der Waals surface area contributed by atoms with Crippen molar-refractivity contribution in [3.63, 3.8) is 0 Å². The summed E-state index contributed by atoms with van der Waals surface area (Å²) in [5.41, 5.74) is 0. The van der Waals surface area contributed by atoms with Gasteiger partial charge >= 0.3 is 0 Å². The highest BCUT2D eigenvalue weighted by molar-refractivity contribution is 8.00. The van der Waals surface area contributed by atoms with Crippen LogP contribution in [-0.4, -0.2) is 34.0 Å². The highest BCUT2D eigenvalue weighted by Gasteiger charge is 2.11. The van der Waals surface area contributed by atoms with Crippen LogP contribution in [0, 0.1) is 0 Å². The first-order valence-corrected chi connectivity index (χ1v) is 7.09. The van der Waals surface area contributed by atoms with Gasteiger partial charge < -0.3 is 10.1 Å².